The highest BCUT2D eigenvalue weighted by Gasteiger charge is 2.16. The largest absolute Gasteiger partial charge is 0.461 e. The van der Waals surface area contributed by atoms with Crippen LogP contribution in [0.15, 0.2) is 53.1 Å². The second kappa shape index (κ2) is 8.32. The van der Waals surface area contributed by atoms with E-state index in [-0.39, 0.29) is 0 Å². The monoisotopic (exact) mass is 392 g/mol. The summed E-state index contributed by atoms with van der Waals surface area (Å²) in [6.45, 7) is 4.26. The average molecular weight is 392 g/mol. The van der Waals surface area contributed by atoms with Gasteiger partial charge < -0.3 is 19.8 Å². The molecule has 0 amide bonds. The third kappa shape index (κ3) is 4.22. The average Bonchev–Trinajstić information content (AvgIpc) is 3.37. The summed E-state index contributed by atoms with van der Waals surface area (Å²) in [5.74, 6) is 2.69. The van der Waals surface area contributed by atoms with Gasteiger partial charge in [0.2, 0.25) is 5.82 Å². The molecule has 2 N–H and O–H groups in total. The molecule has 1 aromatic carbocycles. The minimum Gasteiger partial charge on any atom is -0.461 e. The first-order valence-electron chi connectivity index (χ1n) is 9.50. The normalized spacial score (nSPS) is 11.2. The number of furan rings is 1. The van der Waals surface area contributed by atoms with Crippen LogP contribution in [-0.4, -0.2) is 39.8 Å². The van der Waals surface area contributed by atoms with Crippen molar-refractivity contribution in [1.29, 1.82) is 0 Å². The predicted octanol–water partition coefficient (Wildman–Crippen LogP) is 3.32. The minimum atomic E-state index is 0.437. The van der Waals surface area contributed by atoms with Crippen LogP contribution < -0.4 is 10.6 Å². The van der Waals surface area contributed by atoms with Crippen LogP contribution in [0.5, 0.6) is 0 Å². The highest BCUT2D eigenvalue weighted by molar-refractivity contribution is 5.57. The zero-order chi connectivity index (χ0) is 20.2. The van der Waals surface area contributed by atoms with Crippen molar-refractivity contribution in [2.24, 2.45) is 0 Å². The standard InChI is InChI=1S/C21H24N6O2/c1-15-6-3-7-16(12-15)14-26(9-5-10-28-2)19-13-18(22)27-21(23-19)24-20(25-27)17-8-4-11-29-17/h3-4,6-8,11-13H,5,9-10,14,22H2,1-2H3. The number of hydrogen-bond acceptors (Lipinski definition) is 7. The first-order chi connectivity index (χ1) is 14.1. The molecule has 0 aliphatic carbocycles. The second-order valence-electron chi connectivity index (χ2n) is 6.92. The lowest BCUT2D eigenvalue weighted by Crippen LogP contribution is -2.26. The van der Waals surface area contributed by atoms with Crippen molar-refractivity contribution in [3.63, 3.8) is 0 Å². The SMILES string of the molecule is COCCCN(Cc1cccc(C)c1)c1cc(N)n2nc(-c3ccco3)nc2n1. The topological polar surface area (TPSA) is 94.7 Å². The van der Waals surface area contributed by atoms with Crippen molar-refractivity contribution in [2.75, 3.05) is 30.9 Å². The minimum absolute atomic E-state index is 0.437. The molecule has 0 radical (unpaired) electrons. The summed E-state index contributed by atoms with van der Waals surface area (Å²) >= 11 is 0. The van der Waals surface area contributed by atoms with Crippen LogP contribution in [0.1, 0.15) is 17.5 Å². The number of aryl methyl sites for hydroxylation is 1. The van der Waals surface area contributed by atoms with Crippen molar-refractivity contribution in [1.82, 2.24) is 19.6 Å². The Balaban J connectivity index is 1.68. The molecule has 0 unspecified atom stereocenters. The molecule has 0 aliphatic rings. The van der Waals surface area contributed by atoms with E-state index < -0.39 is 0 Å². The van der Waals surface area contributed by atoms with Crippen molar-refractivity contribution in [3.05, 3.63) is 59.9 Å². The Hall–Kier alpha value is -3.39. The predicted molar refractivity (Wildman–Crippen MR) is 112 cm³/mol. The molecule has 0 fully saturated rings. The van der Waals surface area contributed by atoms with Crippen LogP contribution in [0.4, 0.5) is 11.6 Å². The van der Waals surface area contributed by atoms with Gasteiger partial charge in [-0.3, -0.25) is 0 Å². The number of anilines is 2. The summed E-state index contributed by atoms with van der Waals surface area (Å²) in [6.07, 6.45) is 2.46. The van der Waals surface area contributed by atoms with Crippen LogP contribution in [0, 0.1) is 6.92 Å². The molecule has 3 heterocycles. The molecular formula is C21H24N6O2. The van der Waals surface area contributed by atoms with Gasteiger partial charge in [-0.2, -0.15) is 14.5 Å². The second-order valence-corrected chi connectivity index (χ2v) is 6.92. The summed E-state index contributed by atoms with van der Waals surface area (Å²) in [4.78, 5) is 11.4. The summed E-state index contributed by atoms with van der Waals surface area (Å²) < 4.78 is 12.1. The first kappa shape index (κ1) is 18.9. The van der Waals surface area contributed by atoms with E-state index in [1.54, 1.807) is 25.5 Å². The number of benzene rings is 1. The maximum Gasteiger partial charge on any atom is 0.256 e. The zero-order valence-corrected chi connectivity index (χ0v) is 16.6. The Labute approximate surface area is 168 Å². The van der Waals surface area contributed by atoms with E-state index in [4.69, 9.17) is 19.9 Å². The number of ether oxygens (including phenoxy) is 1. The summed E-state index contributed by atoms with van der Waals surface area (Å²) in [5, 5.41) is 4.41. The Morgan fingerprint density at radius 1 is 1.17 bits per heavy atom. The number of nitrogens with zero attached hydrogens (tertiary/aromatic N) is 5. The number of aromatic nitrogens is 4. The number of nitrogens with two attached hydrogens (primary N) is 1. The van der Waals surface area contributed by atoms with Crippen LogP contribution in [-0.2, 0) is 11.3 Å². The van der Waals surface area contributed by atoms with Gasteiger partial charge in [0, 0.05) is 32.9 Å². The Morgan fingerprint density at radius 2 is 2.07 bits per heavy atom. The van der Waals surface area contributed by atoms with Crippen LogP contribution in [0.25, 0.3) is 17.4 Å². The lowest BCUT2D eigenvalue weighted by atomic mass is 10.1. The highest BCUT2D eigenvalue weighted by atomic mass is 16.5. The molecule has 0 atom stereocenters. The molecule has 0 spiro atoms. The lowest BCUT2D eigenvalue weighted by Gasteiger charge is -2.24. The van der Waals surface area contributed by atoms with Gasteiger partial charge in [-0.1, -0.05) is 29.8 Å². The van der Waals surface area contributed by atoms with E-state index in [1.807, 2.05) is 6.07 Å². The number of hydrogen-bond donors (Lipinski definition) is 1. The molecule has 3 aromatic heterocycles. The fourth-order valence-corrected chi connectivity index (χ4v) is 3.25. The number of methoxy groups -OCH3 is 1. The number of fused-ring (bicyclic) bond motifs is 1. The van der Waals surface area contributed by atoms with E-state index in [0.717, 1.165) is 18.8 Å². The molecule has 0 bridgehead atoms. The van der Waals surface area contributed by atoms with Crippen molar-refractivity contribution in [3.8, 4) is 11.6 Å². The van der Waals surface area contributed by atoms with Crippen molar-refractivity contribution < 1.29 is 9.15 Å². The quantitative estimate of drug-likeness (QED) is 0.460. The Morgan fingerprint density at radius 3 is 2.83 bits per heavy atom. The van der Waals surface area contributed by atoms with E-state index in [2.05, 4.69) is 46.2 Å². The van der Waals surface area contributed by atoms with Crippen LogP contribution in [0.3, 0.4) is 0 Å². The molecule has 29 heavy (non-hydrogen) atoms. The van der Waals surface area contributed by atoms with Gasteiger partial charge in [-0.25, -0.2) is 0 Å². The molecule has 0 saturated heterocycles. The fourth-order valence-electron chi connectivity index (χ4n) is 3.25. The number of rotatable bonds is 8. The van der Waals surface area contributed by atoms with Crippen molar-refractivity contribution in [2.45, 2.75) is 19.9 Å². The molecular weight excluding hydrogens is 368 g/mol. The van der Waals surface area contributed by atoms with Gasteiger partial charge in [-0.15, -0.1) is 5.10 Å². The van der Waals surface area contributed by atoms with Crippen LogP contribution >= 0.6 is 0 Å². The maximum atomic E-state index is 6.27. The van der Waals surface area contributed by atoms with Gasteiger partial charge in [0.05, 0.1) is 6.26 Å². The molecule has 4 rings (SSSR count). The molecule has 8 heteroatoms. The molecule has 4 aromatic rings. The molecule has 150 valence electrons. The molecule has 8 nitrogen and oxygen atoms in total. The number of nitrogen functional groups attached to an aromatic ring is 1. The Bertz CT molecular complexity index is 1090. The third-order valence-electron chi connectivity index (χ3n) is 4.62. The highest BCUT2D eigenvalue weighted by Crippen LogP contribution is 2.22. The summed E-state index contributed by atoms with van der Waals surface area (Å²) in [7, 11) is 1.71. The van der Waals surface area contributed by atoms with Crippen LogP contribution in [0.2, 0.25) is 0 Å². The summed E-state index contributed by atoms with van der Waals surface area (Å²) in [5.41, 5.74) is 8.71. The molecule has 0 saturated carbocycles. The smallest absolute Gasteiger partial charge is 0.256 e. The van der Waals surface area contributed by atoms with Gasteiger partial charge in [0.1, 0.15) is 11.6 Å². The lowest BCUT2D eigenvalue weighted by molar-refractivity contribution is 0.196. The fraction of sp³-hybridized carbons (Fsp3) is 0.286. The molecule has 0 aliphatic heterocycles. The third-order valence-corrected chi connectivity index (χ3v) is 4.62. The zero-order valence-electron chi connectivity index (χ0n) is 16.6. The Kier molecular flexibility index (Phi) is 5.44. The van der Waals surface area contributed by atoms with E-state index in [9.17, 15) is 0 Å². The van der Waals surface area contributed by atoms with E-state index in [0.29, 0.717) is 36.3 Å². The maximum absolute atomic E-state index is 6.27. The van der Waals surface area contributed by atoms with E-state index in [1.165, 1.54) is 15.6 Å². The first-order valence-corrected chi connectivity index (χ1v) is 9.50. The van der Waals surface area contributed by atoms with Gasteiger partial charge in [0.25, 0.3) is 5.78 Å². The van der Waals surface area contributed by atoms with Gasteiger partial charge in [-0.05, 0) is 31.0 Å². The van der Waals surface area contributed by atoms with E-state index >= 15 is 0 Å². The summed E-state index contributed by atoms with van der Waals surface area (Å²) in [6, 6.07) is 13.9. The van der Waals surface area contributed by atoms with Crippen molar-refractivity contribution >= 4 is 17.4 Å². The van der Waals surface area contributed by atoms with Gasteiger partial charge >= 0.3 is 0 Å². The van der Waals surface area contributed by atoms with Gasteiger partial charge in [0.15, 0.2) is 5.76 Å².